The van der Waals surface area contributed by atoms with Crippen LogP contribution in [0.25, 0.3) is 32.3 Å². The summed E-state index contributed by atoms with van der Waals surface area (Å²) in [6.45, 7) is 0. The van der Waals surface area contributed by atoms with Crippen LogP contribution in [0.1, 0.15) is 22.0 Å². The van der Waals surface area contributed by atoms with Gasteiger partial charge >= 0.3 is 5.97 Å². The van der Waals surface area contributed by atoms with Crippen LogP contribution in [-0.4, -0.2) is 22.5 Å². The molecule has 0 spiro atoms. The third-order valence-electron chi connectivity index (χ3n) is 4.60. The number of ether oxygens (including phenoxy) is 1. The maximum atomic E-state index is 11.3. The van der Waals surface area contributed by atoms with Gasteiger partial charge in [0.05, 0.1) is 5.56 Å². The molecule has 5 rings (SSSR count). The predicted molar refractivity (Wildman–Crippen MR) is 86.9 cm³/mol. The highest BCUT2D eigenvalue weighted by Gasteiger charge is 2.38. The van der Waals surface area contributed by atoms with Crippen LogP contribution < -0.4 is 0 Å². The molecule has 0 radical (unpaired) electrons. The van der Waals surface area contributed by atoms with Crippen LogP contribution in [0.2, 0.25) is 0 Å². The van der Waals surface area contributed by atoms with Gasteiger partial charge in [-0.05, 0) is 62.1 Å². The number of epoxide rings is 1. The molecule has 4 nitrogen and oxygen atoms in total. The molecule has 0 aromatic heterocycles. The Labute approximate surface area is 130 Å². The first kappa shape index (κ1) is 12.8. The Balaban J connectivity index is 1.89. The number of aliphatic hydroxyl groups is 1. The summed E-state index contributed by atoms with van der Waals surface area (Å²) in [4.78, 5) is 11.3. The average Bonchev–Trinajstić information content (AvgIpc) is 3.28. The number of carbonyl (C=O) groups is 1. The summed E-state index contributed by atoms with van der Waals surface area (Å²) in [7, 11) is 0. The van der Waals surface area contributed by atoms with Crippen LogP contribution in [0, 0.1) is 0 Å². The maximum absolute atomic E-state index is 11.3. The molecule has 23 heavy (non-hydrogen) atoms. The molecule has 112 valence electrons. The van der Waals surface area contributed by atoms with E-state index in [-0.39, 0.29) is 6.10 Å². The molecule has 2 N–H and O–H groups in total. The zero-order chi connectivity index (χ0) is 15.7. The number of hydrogen-bond donors (Lipinski definition) is 2. The van der Waals surface area contributed by atoms with E-state index in [0.29, 0.717) is 5.56 Å². The molecule has 0 aliphatic carbocycles. The van der Waals surface area contributed by atoms with Crippen molar-refractivity contribution >= 4 is 38.3 Å². The fourth-order valence-corrected chi connectivity index (χ4v) is 3.50. The van der Waals surface area contributed by atoms with Crippen LogP contribution in [0.5, 0.6) is 0 Å². The van der Waals surface area contributed by atoms with Crippen molar-refractivity contribution in [3.05, 3.63) is 59.7 Å². The number of hydrogen-bond acceptors (Lipinski definition) is 3. The number of carboxylic acid groups (broad SMARTS) is 1. The molecule has 4 aromatic rings. The fraction of sp³-hybridized carbons (Fsp3) is 0.105. The van der Waals surface area contributed by atoms with Crippen molar-refractivity contribution in [1.82, 2.24) is 0 Å². The van der Waals surface area contributed by atoms with E-state index in [1.807, 2.05) is 36.4 Å². The molecule has 2 atom stereocenters. The zero-order valence-electron chi connectivity index (χ0n) is 12.0. The molecule has 4 aromatic carbocycles. The smallest absolute Gasteiger partial charge is 0.335 e. The quantitative estimate of drug-likeness (QED) is 0.438. The average molecular weight is 304 g/mol. The van der Waals surface area contributed by atoms with E-state index in [1.165, 1.54) is 0 Å². The van der Waals surface area contributed by atoms with Crippen molar-refractivity contribution in [2.24, 2.45) is 0 Å². The SMILES string of the molecule is O=C(O)c1cc2ccc3cc([C@H]4OC4O)cc4ccc(c1)c2c34. The number of rotatable bonds is 2. The molecule has 0 amide bonds. The van der Waals surface area contributed by atoms with Crippen molar-refractivity contribution in [1.29, 1.82) is 0 Å². The van der Waals surface area contributed by atoms with Gasteiger partial charge in [0.15, 0.2) is 6.29 Å². The molecule has 1 fully saturated rings. The fourth-order valence-electron chi connectivity index (χ4n) is 3.50. The highest BCUT2D eigenvalue weighted by Crippen LogP contribution is 2.41. The van der Waals surface area contributed by atoms with Crippen LogP contribution in [0.4, 0.5) is 0 Å². The van der Waals surface area contributed by atoms with Crippen LogP contribution in [0.3, 0.4) is 0 Å². The van der Waals surface area contributed by atoms with E-state index in [1.54, 1.807) is 12.1 Å². The monoisotopic (exact) mass is 304 g/mol. The molecule has 1 unspecified atom stereocenters. The van der Waals surface area contributed by atoms with Gasteiger partial charge in [-0.3, -0.25) is 0 Å². The van der Waals surface area contributed by atoms with Crippen molar-refractivity contribution in [2.45, 2.75) is 12.4 Å². The summed E-state index contributed by atoms with van der Waals surface area (Å²) >= 11 is 0. The summed E-state index contributed by atoms with van der Waals surface area (Å²) in [6, 6.07) is 15.4. The Morgan fingerprint density at radius 1 is 0.870 bits per heavy atom. The van der Waals surface area contributed by atoms with E-state index < -0.39 is 12.3 Å². The lowest BCUT2D eigenvalue weighted by Gasteiger charge is -2.12. The largest absolute Gasteiger partial charge is 0.478 e. The summed E-state index contributed by atoms with van der Waals surface area (Å²) < 4.78 is 5.16. The van der Waals surface area contributed by atoms with E-state index in [4.69, 9.17) is 4.74 Å². The number of aromatic carboxylic acids is 1. The van der Waals surface area contributed by atoms with Gasteiger partial charge in [-0.1, -0.05) is 24.3 Å². The number of aliphatic hydroxyl groups excluding tert-OH is 1. The molecule has 1 aliphatic rings. The first-order valence-corrected chi connectivity index (χ1v) is 7.41. The molecular weight excluding hydrogens is 292 g/mol. The van der Waals surface area contributed by atoms with Crippen molar-refractivity contribution in [3.8, 4) is 0 Å². The summed E-state index contributed by atoms with van der Waals surface area (Å²) in [5, 5.41) is 24.9. The second kappa shape index (κ2) is 4.19. The van der Waals surface area contributed by atoms with E-state index in [9.17, 15) is 15.0 Å². The summed E-state index contributed by atoms with van der Waals surface area (Å²) in [5.41, 5.74) is 1.26. The Morgan fingerprint density at radius 3 is 1.70 bits per heavy atom. The van der Waals surface area contributed by atoms with Gasteiger partial charge in [0.25, 0.3) is 0 Å². The van der Waals surface area contributed by atoms with E-state index in [2.05, 4.69) is 0 Å². The zero-order valence-corrected chi connectivity index (χ0v) is 12.0. The minimum absolute atomic E-state index is 0.240. The highest BCUT2D eigenvalue weighted by molar-refractivity contribution is 6.24. The molecule has 1 heterocycles. The third-order valence-corrected chi connectivity index (χ3v) is 4.60. The lowest BCUT2D eigenvalue weighted by Crippen LogP contribution is -1.97. The Morgan fingerprint density at radius 2 is 1.30 bits per heavy atom. The maximum Gasteiger partial charge on any atom is 0.335 e. The second-order valence-electron chi connectivity index (χ2n) is 6.02. The molecule has 0 saturated carbocycles. The lowest BCUT2D eigenvalue weighted by atomic mass is 9.91. The van der Waals surface area contributed by atoms with Gasteiger partial charge in [0.2, 0.25) is 0 Å². The summed E-state index contributed by atoms with van der Waals surface area (Å²) in [6.07, 6.45) is -0.947. The minimum atomic E-state index is -0.919. The van der Waals surface area contributed by atoms with Crippen LogP contribution in [-0.2, 0) is 4.74 Å². The highest BCUT2D eigenvalue weighted by atomic mass is 16.7. The molecular formula is C19H12O4. The van der Waals surface area contributed by atoms with Gasteiger partial charge in [0, 0.05) is 0 Å². The predicted octanol–water partition coefficient (Wildman–Crippen LogP) is 3.67. The second-order valence-corrected chi connectivity index (χ2v) is 6.02. The van der Waals surface area contributed by atoms with Crippen LogP contribution in [0.15, 0.2) is 48.5 Å². The van der Waals surface area contributed by atoms with Gasteiger partial charge in [-0.25, -0.2) is 4.79 Å². The van der Waals surface area contributed by atoms with Gasteiger partial charge < -0.3 is 14.9 Å². The van der Waals surface area contributed by atoms with Gasteiger partial charge in [-0.15, -0.1) is 0 Å². The minimum Gasteiger partial charge on any atom is -0.478 e. The number of benzene rings is 4. The normalized spacial score (nSPS) is 20.6. The summed E-state index contributed by atoms with van der Waals surface area (Å²) in [5.74, 6) is -0.919. The Bertz CT molecular complexity index is 1030. The van der Waals surface area contributed by atoms with E-state index >= 15 is 0 Å². The topological polar surface area (TPSA) is 70.1 Å². The first-order chi connectivity index (χ1) is 11.1. The molecule has 0 bridgehead atoms. The standard InChI is InChI=1S/C19H12O4/c20-18(21)14-7-11-3-1-9-5-13(17-19(22)23-17)6-10-2-4-12(8-14)16(11)15(9)10/h1-8,17,19,22H,(H,20,21)/t17-,19?/m1/s1. The van der Waals surface area contributed by atoms with E-state index in [0.717, 1.165) is 37.9 Å². The molecule has 4 heteroatoms. The van der Waals surface area contributed by atoms with Crippen molar-refractivity contribution < 1.29 is 19.7 Å². The van der Waals surface area contributed by atoms with Gasteiger partial charge in [-0.2, -0.15) is 0 Å². The Hall–Kier alpha value is -2.69. The molecule has 1 aliphatic heterocycles. The van der Waals surface area contributed by atoms with Gasteiger partial charge in [0.1, 0.15) is 6.10 Å². The third kappa shape index (κ3) is 1.76. The van der Waals surface area contributed by atoms with Crippen LogP contribution >= 0.6 is 0 Å². The molecule has 1 saturated heterocycles. The van der Waals surface area contributed by atoms with Crippen molar-refractivity contribution in [3.63, 3.8) is 0 Å². The van der Waals surface area contributed by atoms with Crippen molar-refractivity contribution in [2.75, 3.05) is 0 Å². The lowest BCUT2D eigenvalue weighted by molar-refractivity contribution is 0.0697. The number of carboxylic acids is 1. The Kier molecular flexibility index (Phi) is 2.33. The first-order valence-electron chi connectivity index (χ1n) is 7.41.